The molecule has 0 spiro atoms. The summed E-state index contributed by atoms with van der Waals surface area (Å²) in [7, 11) is 0. The number of carboxylic acid groups (broad SMARTS) is 1. The maximum atomic E-state index is 12.3. The Bertz CT molecular complexity index is 984. The van der Waals surface area contributed by atoms with E-state index in [1.807, 2.05) is 11.0 Å². The van der Waals surface area contributed by atoms with Crippen molar-refractivity contribution in [1.82, 2.24) is 14.9 Å². The van der Waals surface area contributed by atoms with Gasteiger partial charge in [0, 0.05) is 44.5 Å². The van der Waals surface area contributed by atoms with Crippen molar-refractivity contribution in [1.29, 1.82) is 5.26 Å². The maximum absolute atomic E-state index is 12.3. The fourth-order valence-corrected chi connectivity index (χ4v) is 4.75. The van der Waals surface area contributed by atoms with E-state index in [9.17, 15) is 20.3 Å². The van der Waals surface area contributed by atoms with Gasteiger partial charge in [0.2, 0.25) is 0 Å². The molecule has 8 nitrogen and oxygen atoms in total. The van der Waals surface area contributed by atoms with E-state index >= 15 is 0 Å². The summed E-state index contributed by atoms with van der Waals surface area (Å²) in [6, 6.07) is 5.80. The third-order valence-electron chi connectivity index (χ3n) is 6.47. The lowest BCUT2D eigenvalue weighted by molar-refractivity contribution is -0.166. The van der Waals surface area contributed by atoms with Crippen LogP contribution in [-0.4, -0.2) is 68.9 Å². The van der Waals surface area contributed by atoms with Gasteiger partial charge in [-0.05, 0) is 31.4 Å². The zero-order valence-corrected chi connectivity index (χ0v) is 16.6. The highest BCUT2D eigenvalue weighted by atomic mass is 16.4. The van der Waals surface area contributed by atoms with E-state index in [4.69, 9.17) is 0 Å². The van der Waals surface area contributed by atoms with E-state index in [0.717, 1.165) is 18.7 Å². The second-order valence-corrected chi connectivity index (χ2v) is 8.45. The molecule has 4 rings (SSSR count). The van der Waals surface area contributed by atoms with Crippen LogP contribution in [-0.2, 0) is 4.79 Å². The van der Waals surface area contributed by atoms with Crippen LogP contribution in [0.4, 0.5) is 5.69 Å². The summed E-state index contributed by atoms with van der Waals surface area (Å²) in [6.07, 6.45) is 3.53. The highest BCUT2D eigenvalue weighted by Gasteiger charge is 2.52. The molecule has 2 N–H and O–H groups in total. The summed E-state index contributed by atoms with van der Waals surface area (Å²) in [5.74, 6) is -0.674. The van der Waals surface area contributed by atoms with E-state index < -0.39 is 17.6 Å². The van der Waals surface area contributed by atoms with E-state index in [2.05, 4.69) is 27.9 Å². The summed E-state index contributed by atoms with van der Waals surface area (Å²) < 4.78 is 0. The van der Waals surface area contributed by atoms with E-state index in [1.165, 1.54) is 0 Å². The molecule has 152 valence electrons. The first-order valence-electron chi connectivity index (χ1n) is 9.89. The van der Waals surface area contributed by atoms with Crippen LogP contribution in [0, 0.1) is 23.2 Å². The first kappa shape index (κ1) is 19.6. The molecule has 3 heterocycles. The van der Waals surface area contributed by atoms with E-state index in [0.29, 0.717) is 42.1 Å². The number of nitriles is 1. The summed E-state index contributed by atoms with van der Waals surface area (Å²) in [6.45, 7) is 6.03. The smallest absolute Gasteiger partial charge is 0.324 e. The monoisotopic (exact) mass is 395 g/mol. The Morgan fingerprint density at radius 2 is 1.90 bits per heavy atom. The Morgan fingerprint density at radius 1 is 1.21 bits per heavy atom. The predicted octanol–water partition coefficient (Wildman–Crippen LogP) is 1.48. The Kier molecular flexibility index (Phi) is 4.89. The number of hydrogen-bond donors (Lipinski definition) is 2. The van der Waals surface area contributed by atoms with Gasteiger partial charge in [0.1, 0.15) is 22.6 Å². The quantitative estimate of drug-likeness (QED) is 0.800. The molecule has 1 aromatic carbocycles. The van der Waals surface area contributed by atoms with Gasteiger partial charge in [-0.1, -0.05) is 6.92 Å². The van der Waals surface area contributed by atoms with Gasteiger partial charge in [0.25, 0.3) is 0 Å². The fraction of sp³-hybridized carbons (Fsp3) is 0.524. The van der Waals surface area contributed by atoms with Gasteiger partial charge >= 0.3 is 5.97 Å². The first-order valence-corrected chi connectivity index (χ1v) is 9.89. The number of aliphatic hydroxyl groups excluding tert-OH is 1. The third kappa shape index (κ3) is 3.20. The van der Waals surface area contributed by atoms with Crippen molar-refractivity contribution in [3.8, 4) is 6.07 Å². The SMILES string of the molecule is C[C@H]1C[C@@H](C(C)(C(=O)O)N2CC(O)C2)CN(c2ccc(C#N)c3nccnc23)C1. The maximum Gasteiger partial charge on any atom is 0.324 e. The van der Waals surface area contributed by atoms with Crippen LogP contribution < -0.4 is 4.90 Å². The summed E-state index contributed by atoms with van der Waals surface area (Å²) in [4.78, 5) is 25.2. The molecule has 2 aliphatic heterocycles. The summed E-state index contributed by atoms with van der Waals surface area (Å²) in [5, 5.41) is 29.2. The second kappa shape index (κ2) is 7.25. The Hall–Kier alpha value is -2.76. The predicted molar refractivity (Wildman–Crippen MR) is 107 cm³/mol. The lowest BCUT2D eigenvalue weighted by Gasteiger charge is -2.53. The van der Waals surface area contributed by atoms with Crippen molar-refractivity contribution in [3.05, 3.63) is 30.1 Å². The number of piperidine rings is 1. The number of nitrogens with zero attached hydrogens (tertiary/aromatic N) is 5. The molecule has 2 aromatic rings. The average molecular weight is 395 g/mol. The standard InChI is InChI=1S/C21H25N5O3/c1-13-7-15(21(2,20(28)29)26-11-16(27)12-26)10-25(9-13)17-4-3-14(8-22)18-19(17)24-6-5-23-18/h3-6,13,15-16,27H,7,9-12H2,1-2H3,(H,28,29)/t13-,15+,21?/m0/s1. The summed E-state index contributed by atoms with van der Waals surface area (Å²) >= 11 is 0. The van der Waals surface area contributed by atoms with Crippen LogP contribution >= 0.6 is 0 Å². The molecule has 1 aromatic heterocycles. The molecule has 1 unspecified atom stereocenters. The normalized spacial score (nSPS) is 25.2. The Balaban J connectivity index is 1.71. The van der Waals surface area contributed by atoms with Gasteiger partial charge in [0.15, 0.2) is 0 Å². The number of likely N-dealkylation sites (tertiary alicyclic amines) is 1. The molecular weight excluding hydrogens is 370 g/mol. The molecule has 0 radical (unpaired) electrons. The number of fused-ring (bicyclic) bond motifs is 1. The fourth-order valence-electron chi connectivity index (χ4n) is 4.75. The van der Waals surface area contributed by atoms with Crippen LogP contribution in [0.5, 0.6) is 0 Å². The van der Waals surface area contributed by atoms with Crippen LogP contribution in [0.25, 0.3) is 11.0 Å². The highest BCUT2D eigenvalue weighted by Crippen LogP contribution is 2.39. The van der Waals surface area contributed by atoms with Crippen LogP contribution in [0.3, 0.4) is 0 Å². The number of aliphatic carboxylic acids is 1. The third-order valence-corrected chi connectivity index (χ3v) is 6.47. The van der Waals surface area contributed by atoms with Gasteiger partial charge in [-0.15, -0.1) is 0 Å². The van der Waals surface area contributed by atoms with Crippen molar-refractivity contribution in [2.24, 2.45) is 11.8 Å². The minimum atomic E-state index is -1.04. The molecule has 2 aliphatic rings. The van der Waals surface area contributed by atoms with Gasteiger partial charge in [0.05, 0.1) is 17.4 Å². The Morgan fingerprint density at radius 3 is 2.52 bits per heavy atom. The second-order valence-electron chi connectivity index (χ2n) is 8.45. The molecule has 0 amide bonds. The zero-order valence-electron chi connectivity index (χ0n) is 16.6. The molecule has 0 bridgehead atoms. The van der Waals surface area contributed by atoms with Crippen molar-refractivity contribution in [3.63, 3.8) is 0 Å². The zero-order chi connectivity index (χ0) is 20.8. The molecule has 3 atom stereocenters. The molecule has 2 fully saturated rings. The molecule has 29 heavy (non-hydrogen) atoms. The first-order chi connectivity index (χ1) is 13.8. The van der Waals surface area contributed by atoms with Crippen molar-refractivity contribution >= 4 is 22.7 Å². The van der Waals surface area contributed by atoms with E-state index in [-0.39, 0.29) is 5.92 Å². The van der Waals surface area contributed by atoms with Crippen LogP contribution in [0.1, 0.15) is 25.8 Å². The minimum Gasteiger partial charge on any atom is -0.480 e. The molecule has 2 saturated heterocycles. The number of anilines is 1. The van der Waals surface area contributed by atoms with Crippen molar-refractivity contribution in [2.45, 2.75) is 31.9 Å². The van der Waals surface area contributed by atoms with Gasteiger partial charge in [-0.25, -0.2) is 0 Å². The molecule has 0 aliphatic carbocycles. The van der Waals surface area contributed by atoms with Crippen molar-refractivity contribution < 1.29 is 15.0 Å². The highest BCUT2D eigenvalue weighted by molar-refractivity contribution is 5.92. The average Bonchev–Trinajstić information content (AvgIpc) is 2.69. The van der Waals surface area contributed by atoms with Crippen molar-refractivity contribution in [2.75, 3.05) is 31.1 Å². The number of hydrogen-bond acceptors (Lipinski definition) is 7. The van der Waals surface area contributed by atoms with E-state index in [1.54, 1.807) is 25.4 Å². The number of rotatable bonds is 4. The lowest BCUT2D eigenvalue weighted by atomic mass is 9.74. The topological polar surface area (TPSA) is 114 Å². The van der Waals surface area contributed by atoms with Crippen LogP contribution in [0.2, 0.25) is 0 Å². The number of β-amino-alcohol motifs (C(OH)–C–C–N with tert-alkyl or cyclic N) is 1. The number of aliphatic hydroxyl groups is 1. The Labute approximate surface area is 169 Å². The van der Waals surface area contributed by atoms with Gasteiger partial charge in [-0.3, -0.25) is 19.7 Å². The minimum absolute atomic E-state index is 0.112. The molecule has 8 heteroatoms. The number of carboxylic acids is 1. The molecular formula is C21H25N5O3. The lowest BCUT2D eigenvalue weighted by Crippen LogP contribution is -2.69. The molecule has 0 saturated carbocycles. The number of aromatic nitrogens is 2. The number of benzene rings is 1. The van der Waals surface area contributed by atoms with Gasteiger partial charge in [-0.2, -0.15) is 5.26 Å². The largest absolute Gasteiger partial charge is 0.480 e. The summed E-state index contributed by atoms with van der Waals surface area (Å²) in [5.41, 5.74) is 1.54. The van der Waals surface area contributed by atoms with Crippen LogP contribution in [0.15, 0.2) is 24.5 Å². The number of carbonyl (C=O) groups is 1. The van der Waals surface area contributed by atoms with Gasteiger partial charge < -0.3 is 15.1 Å².